The van der Waals surface area contributed by atoms with Crippen LogP contribution in [0.25, 0.3) is 0 Å². The van der Waals surface area contributed by atoms with E-state index in [2.05, 4.69) is 17.3 Å². The summed E-state index contributed by atoms with van der Waals surface area (Å²) in [7, 11) is 0. The van der Waals surface area contributed by atoms with Gasteiger partial charge in [0.1, 0.15) is 11.4 Å². The third-order valence-electron chi connectivity index (χ3n) is 2.71. The zero-order valence-electron chi connectivity index (χ0n) is 8.05. The number of ether oxygens (including phenoxy) is 1. The molecule has 1 aliphatic heterocycles. The van der Waals surface area contributed by atoms with Gasteiger partial charge in [-0.2, -0.15) is 0 Å². The smallest absolute Gasteiger partial charge is 0.143 e. The molecule has 0 radical (unpaired) electrons. The zero-order chi connectivity index (χ0) is 9.31. The van der Waals surface area contributed by atoms with Gasteiger partial charge in [-0.15, -0.1) is 0 Å². The predicted molar refractivity (Wildman–Crippen MR) is 51.4 cm³/mol. The standard InChI is InChI=1S/C9H17N3O/c1-9(5-2-6-13-9)8(12-10)11-7-3-4-7/h7H,2-6,10H2,1H3,(H,11,12). The topological polar surface area (TPSA) is 59.6 Å². The molecule has 1 heterocycles. The number of amidine groups is 1. The third kappa shape index (κ3) is 1.84. The molecule has 2 fully saturated rings. The lowest BCUT2D eigenvalue weighted by atomic mass is 10.0. The SMILES string of the molecule is CC1(C(=NC2CC2)NN)CCCO1. The minimum Gasteiger partial charge on any atom is -0.367 e. The molecule has 0 aromatic carbocycles. The Balaban J connectivity index is 2.09. The van der Waals surface area contributed by atoms with Crippen molar-refractivity contribution in [1.82, 2.24) is 5.43 Å². The third-order valence-corrected chi connectivity index (χ3v) is 2.71. The molecule has 0 aromatic heterocycles. The molecule has 1 saturated heterocycles. The fourth-order valence-corrected chi connectivity index (χ4v) is 1.68. The predicted octanol–water partition coefficient (Wildman–Crippen LogP) is 0.580. The summed E-state index contributed by atoms with van der Waals surface area (Å²) in [5.74, 6) is 6.28. The summed E-state index contributed by atoms with van der Waals surface area (Å²) in [6, 6.07) is 0.493. The van der Waals surface area contributed by atoms with E-state index in [1.165, 1.54) is 12.8 Å². The van der Waals surface area contributed by atoms with Crippen molar-refractivity contribution in [2.45, 2.75) is 44.2 Å². The first kappa shape index (κ1) is 8.97. The molecule has 0 spiro atoms. The van der Waals surface area contributed by atoms with Crippen molar-refractivity contribution in [2.24, 2.45) is 10.8 Å². The van der Waals surface area contributed by atoms with Crippen molar-refractivity contribution in [1.29, 1.82) is 0 Å². The van der Waals surface area contributed by atoms with Crippen molar-refractivity contribution in [3.63, 3.8) is 0 Å². The summed E-state index contributed by atoms with van der Waals surface area (Å²) < 4.78 is 5.65. The molecule has 0 amide bonds. The lowest BCUT2D eigenvalue weighted by molar-refractivity contribution is 0.0744. The highest BCUT2D eigenvalue weighted by Crippen LogP contribution is 2.29. The monoisotopic (exact) mass is 183 g/mol. The maximum Gasteiger partial charge on any atom is 0.143 e. The molecular weight excluding hydrogens is 166 g/mol. The van der Waals surface area contributed by atoms with Crippen molar-refractivity contribution in [3.05, 3.63) is 0 Å². The molecule has 2 rings (SSSR count). The lowest BCUT2D eigenvalue weighted by Crippen LogP contribution is -2.47. The first-order valence-electron chi connectivity index (χ1n) is 4.93. The molecule has 1 atom stereocenters. The van der Waals surface area contributed by atoms with Gasteiger partial charge in [-0.1, -0.05) is 0 Å². The zero-order valence-corrected chi connectivity index (χ0v) is 8.05. The Kier molecular flexibility index (Phi) is 2.26. The quantitative estimate of drug-likeness (QED) is 0.285. The number of aliphatic imine (C=N–C) groups is 1. The molecule has 13 heavy (non-hydrogen) atoms. The molecule has 4 nitrogen and oxygen atoms in total. The molecule has 2 aliphatic rings. The van der Waals surface area contributed by atoms with Crippen LogP contribution in [0.15, 0.2) is 4.99 Å². The molecular formula is C9H17N3O. The molecule has 74 valence electrons. The van der Waals surface area contributed by atoms with Crippen LogP contribution in [0.1, 0.15) is 32.6 Å². The Hall–Kier alpha value is -0.610. The van der Waals surface area contributed by atoms with Crippen LogP contribution in [-0.4, -0.2) is 24.1 Å². The van der Waals surface area contributed by atoms with E-state index in [1.54, 1.807) is 0 Å². The highest BCUT2D eigenvalue weighted by atomic mass is 16.5. The second kappa shape index (κ2) is 3.27. The Morgan fingerprint density at radius 3 is 2.85 bits per heavy atom. The van der Waals surface area contributed by atoms with Gasteiger partial charge in [0.15, 0.2) is 0 Å². The highest BCUT2D eigenvalue weighted by Gasteiger charge is 2.36. The summed E-state index contributed by atoms with van der Waals surface area (Å²) in [5, 5.41) is 0. The normalized spacial score (nSPS) is 35.1. The van der Waals surface area contributed by atoms with Gasteiger partial charge in [-0.25, -0.2) is 5.84 Å². The van der Waals surface area contributed by atoms with Crippen LogP contribution in [0, 0.1) is 0 Å². The van der Waals surface area contributed by atoms with Gasteiger partial charge >= 0.3 is 0 Å². The molecule has 3 N–H and O–H groups in total. The van der Waals surface area contributed by atoms with E-state index in [0.717, 1.165) is 25.3 Å². The maximum atomic E-state index is 5.65. The van der Waals surface area contributed by atoms with Crippen LogP contribution in [0.4, 0.5) is 0 Å². The van der Waals surface area contributed by atoms with E-state index < -0.39 is 0 Å². The second-order valence-electron chi connectivity index (χ2n) is 4.04. The van der Waals surface area contributed by atoms with Crippen LogP contribution in [0.3, 0.4) is 0 Å². The van der Waals surface area contributed by atoms with Gasteiger partial charge in [-0.05, 0) is 32.6 Å². The molecule has 0 aromatic rings. The first-order valence-corrected chi connectivity index (χ1v) is 4.93. The van der Waals surface area contributed by atoms with E-state index in [-0.39, 0.29) is 5.60 Å². The Morgan fingerprint density at radius 2 is 2.38 bits per heavy atom. The van der Waals surface area contributed by atoms with Crippen molar-refractivity contribution in [3.8, 4) is 0 Å². The minimum absolute atomic E-state index is 0.253. The summed E-state index contributed by atoms with van der Waals surface area (Å²) in [5.41, 5.74) is 2.43. The van der Waals surface area contributed by atoms with Crippen LogP contribution in [0.5, 0.6) is 0 Å². The van der Waals surface area contributed by atoms with Gasteiger partial charge in [-0.3, -0.25) is 4.99 Å². The number of nitrogens with two attached hydrogens (primary N) is 1. The van der Waals surface area contributed by atoms with E-state index in [0.29, 0.717) is 6.04 Å². The van der Waals surface area contributed by atoms with Crippen molar-refractivity contribution >= 4 is 5.84 Å². The van der Waals surface area contributed by atoms with Gasteiger partial charge in [0.05, 0.1) is 6.04 Å². The molecule has 0 bridgehead atoms. The van der Waals surface area contributed by atoms with Crippen LogP contribution < -0.4 is 11.3 Å². The number of rotatable bonds is 2. The Labute approximate surface area is 78.5 Å². The fourth-order valence-electron chi connectivity index (χ4n) is 1.68. The van der Waals surface area contributed by atoms with E-state index in [1.807, 2.05) is 0 Å². The number of nitrogens with one attached hydrogen (secondary N) is 1. The lowest BCUT2D eigenvalue weighted by Gasteiger charge is -2.24. The van der Waals surface area contributed by atoms with Crippen LogP contribution in [-0.2, 0) is 4.74 Å². The summed E-state index contributed by atoms with van der Waals surface area (Å²) >= 11 is 0. The number of hydrazine groups is 1. The summed E-state index contributed by atoms with van der Waals surface area (Å²) in [6.45, 7) is 2.88. The number of hydrogen-bond donors (Lipinski definition) is 2. The fraction of sp³-hybridized carbons (Fsp3) is 0.889. The molecule has 1 aliphatic carbocycles. The van der Waals surface area contributed by atoms with E-state index >= 15 is 0 Å². The van der Waals surface area contributed by atoms with E-state index in [4.69, 9.17) is 10.6 Å². The first-order chi connectivity index (χ1) is 6.24. The largest absolute Gasteiger partial charge is 0.367 e. The highest BCUT2D eigenvalue weighted by molar-refractivity contribution is 5.90. The second-order valence-corrected chi connectivity index (χ2v) is 4.04. The minimum atomic E-state index is -0.253. The van der Waals surface area contributed by atoms with Crippen LogP contribution in [0.2, 0.25) is 0 Å². The van der Waals surface area contributed by atoms with E-state index in [9.17, 15) is 0 Å². The van der Waals surface area contributed by atoms with Gasteiger partial charge in [0, 0.05) is 6.61 Å². The average molecular weight is 183 g/mol. The van der Waals surface area contributed by atoms with Gasteiger partial charge < -0.3 is 10.2 Å². The van der Waals surface area contributed by atoms with Gasteiger partial charge in [0.2, 0.25) is 0 Å². The number of hydrogen-bond acceptors (Lipinski definition) is 3. The summed E-state index contributed by atoms with van der Waals surface area (Å²) in [4.78, 5) is 4.52. The van der Waals surface area contributed by atoms with Crippen molar-refractivity contribution in [2.75, 3.05) is 6.61 Å². The van der Waals surface area contributed by atoms with Crippen molar-refractivity contribution < 1.29 is 4.74 Å². The molecule has 1 unspecified atom stereocenters. The Bertz CT molecular complexity index is 217. The summed E-state index contributed by atoms with van der Waals surface area (Å²) in [6.07, 6.45) is 4.51. The molecule has 1 saturated carbocycles. The Morgan fingerprint density at radius 1 is 1.62 bits per heavy atom. The number of nitrogens with zero attached hydrogens (tertiary/aromatic N) is 1. The maximum absolute atomic E-state index is 5.65. The van der Waals surface area contributed by atoms with Crippen LogP contribution >= 0.6 is 0 Å². The van der Waals surface area contributed by atoms with Gasteiger partial charge in [0.25, 0.3) is 0 Å². The molecule has 4 heteroatoms. The average Bonchev–Trinajstić information content (AvgIpc) is 2.84.